The Labute approximate surface area is 97.3 Å². The van der Waals surface area contributed by atoms with Crippen LogP contribution in [-0.2, 0) is 11.3 Å². The number of amides is 1. The molecule has 0 bridgehead atoms. The Morgan fingerprint density at radius 3 is 2.94 bits per heavy atom. The van der Waals surface area contributed by atoms with Gasteiger partial charge in [-0.2, -0.15) is 0 Å². The normalized spacial score (nSPS) is 17.3. The molecule has 1 amide bonds. The molecule has 0 aromatic heterocycles. The Balaban J connectivity index is 2.05. The van der Waals surface area contributed by atoms with Crippen molar-refractivity contribution in [3.8, 4) is 0 Å². The quantitative estimate of drug-likeness (QED) is 0.746. The van der Waals surface area contributed by atoms with Gasteiger partial charge in [0.1, 0.15) is 0 Å². The van der Waals surface area contributed by atoms with E-state index in [1.54, 1.807) is 0 Å². The lowest BCUT2D eigenvalue weighted by Crippen LogP contribution is -2.29. The van der Waals surface area contributed by atoms with E-state index in [1.165, 1.54) is 17.5 Å². The number of hydrogen-bond acceptors (Lipinski definition) is 1. The molecule has 1 saturated heterocycles. The summed E-state index contributed by atoms with van der Waals surface area (Å²) >= 11 is 0. The maximum atomic E-state index is 11.8. The molecule has 1 fully saturated rings. The number of hydrogen-bond donors (Lipinski definition) is 0. The molecular formula is C14H19NO. The number of carbonyl (C=O) groups is 1. The fourth-order valence-corrected chi connectivity index (χ4v) is 2.24. The van der Waals surface area contributed by atoms with E-state index in [2.05, 4.69) is 31.2 Å². The predicted octanol–water partition coefficient (Wildman–Crippen LogP) is 2.90. The molecule has 16 heavy (non-hydrogen) atoms. The predicted molar refractivity (Wildman–Crippen MR) is 65.1 cm³/mol. The summed E-state index contributed by atoms with van der Waals surface area (Å²) < 4.78 is 0. The van der Waals surface area contributed by atoms with E-state index >= 15 is 0 Å². The third-order valence-electron chi connectivity index (χ3n) is 3.13. The summed E-state index contributed by atoms with van der Waals surface area (Å²) in [5.74, 6) is 0.319. The molecule has 1 aromatic rings. The molecule has 1 heterocycles. The van der Waals surface area contributed by atoms with E-state index in [0.29, 0.717) is 5.91 Å². The van der Waals surface area contributed by atoms with E-state index in [-0.39, 0.29) is 0 Å². The SMILES string of the molecule is Cc1cccc(CN2CCCCCC2=O)c1. The lowest BCUT2D eigenvalue weighted by Gasteiger charge is -2.20. The highest BCUT2D eigenvalue weighted by Gasteiger charge is 2.16. The topological polar surface area (TPSA) is 20.3 Å². The van der Waals surface area contributed by atoms with Crippen molar-refractivity contribution in [3.63, 3.8) is 0 Å². The van der Waals surface area contributed by atoms with Gasteiger partial charge in [-0.05, 0) is 25.3 Å². The highest BCUT2D eigenvalue weighted by molar-refractivity contribution is 5.76. The number of carbonyl (C=O) groups excluding carboxylic acids is 1. The Morgan fingerprint density at radius 2 is 2.12 bits per heavy atom. The van der Waals surface area contributed by atoms with Crippen LogP contribution in [0.5, 0.6) is 0 Å². The van der Waals surface area contributed by atoms with Crippen molar-refractivity contribution in [1.29, 1.82) is 0 Å². The van der Waals surface area contributed by atoms with Crippen LogP contribution in [0.3, 0.4) is 0 Å². The highest BCUT2D eigenvalue weighted by Crippen LogP contribution is 2.15. The van der Waals surface area contributed by atoms with Crippen molar-refractivity contribution < 1.29 is 4.79 Å². The average Bonchev–Trinajstić information content (AvgIpc) is 2.45. The molecule has 1 aliphatic rings. The third-order valence-corrected chi connectivity index (χ3v) is 3.13. The third kappa shape index (κ3) is 2.84. The first kappa shape index (κ1) is 11.2. The zero-order valence-corrected chi connectivity index (χ0v) is 9.91. The van der Waals surface area contributed by atoms with Crippen LogP contribution in [-0.4, -0.2) is 17.4 Å². The largest absolute Gasteiger partial charge is 0.338 e. The van der Waals surface area contributed by atoms with E-state index in [9.17, 15) is 4.79 Å². The van der Waals surface area contributed by atoms with Crippen LogP contribution >= 0.6 is 0 Å². The van der Waals surface area contributed by atoms with Gasteiger partial charge >= 0.3 is 0 Å². The van der Waals surface area contributed by atoms with Crippen molar-refractivity contribution in [2.45, 2.75) is 39.2 Å². The van der Waals surface area contributed by atoms with Crippen LogP contribution in [0.2, 0.25) is 0 Å². The molecular weight excluding hydrogens is 198 g/mol. The van der Waals surface area contributed by atoms with Gasteiger partial charge in [-0.15, -0.1) is 0 Å². The smallest absolute Gasteiger partial charge is 0.222 e. The fraction of sp³-hybridized carbons (Fsp3) is 0.500. The molecule has 1 aromatic carbocycles. The summed E-state index contributed by atoms with van der Waals surface area (Å²) in [7, 11) is 0. The van der Waals surface area contributed by atoms with Crippen LogP contribution in [0, 0.1) is 6.92 Å². The van der Waals surface area contributed by atoms with Gasteiger partial charge in [0.2, 0.25) is 5.91 Å². The van der Waals surface area contributed by atoms with Gasteiger partial charge in [-0.1, -0.05) is 36.2 Å². The molecule has 0 spiro atoms. The second kappa shape index (κ2) is 5.15. The van der Waals surface area contributed by atoms with Gasteiger partial charge in [-0.25, -0.2) is 0 Å². The van der Waals surface area contributed by atoms with Crippen LogP contribution < -0.4 is 0 Å². The molecule has 2 nitrogen and oxygen atoms in total. The Bertz CT molecular complexity index is 373. The van der Waals surface area contributed by atoms with Crippen molar-refractivity contribution in [2.75, 3.05) is 6.54 Å². The number of likely N-dealkylation sites (tertiary alicyclic amines) is 1. The molecule has 86 valence electrons. The molecule has 0 radical (unpaired) electrons. The van der Waals surface area contributed by atoms with E-state index in [0.717, 1.165) is 32.4 Å². The van der Waals surface area contributed by atoms with Crippen molar-refractivity contribution >= 4 is 5.91 Å². The van der Waals surface area contributed by atoms with Gasteiger partial charge in [-0.3, -0.25) is 4.79 Å². The molecule has 2 rings (SSSR count). The zero-order valence-electron chi connectivity index (χ0n) is 9.91. The van der Waals surface area contributed by atoms with Gasteiger partial charge in [0.25, 0.3) is 0 Å². The van der Waals surface area contributed by atoms with Crippen LogP contribution in [0.25, 0.3) is 0 Å². The minimum atomic E-state index is 0.319. The molecule has 0 atom stereocenters. The molecule has 0 N–H and O–H groups in total. The summed E-state index contributed by atoms with van der Waals surface area (Å²) in [6.45, 7) is 3.79. The monoisotopic (exact) mass is 217 g/mol. The maximum absolute atomic E-state index is 11.8. The summed E-state index contributed by atoms with van der Waals surface area (Å²) in [6, 6.07) is 8.42. The number of aryl methyl sites for hydroxylation is 1. The first-order valence-electron chi connectivity index (χ1n) is 6.09. The molecule has 2 heteroatoms. The van der Waals surface area contributed by atoms with Gasteiger partial charge in [0.05, 0.1) is 0 Å². The molecule has 1 aliphatic heterocycles. The Morgan fingerprint density at radius 1 is 1.25 bits per heavy atom. The summed E-state index contributed by atoms with van der Waals surface area (Å²) in [5, 5.41) is 0. The number of nitrogens with zero attached hydrogens (tertiary/aromatic N) is 1. The van der Waals surface area contributed by atoms with Crippen LogP contribution in [0.15, 0.2) is 24.3 Å². The minimum Gasteiger partial charge on any atom is -0.338 e. The van der Waals surface area contributed by atoms with Gasteiger partial charge < -0.3 is 4.90 Å². The van der Waals surface area contributed by atoms with Crippen molar-refractivity contribution in [3.05, 3.63) is 35.4 Å². The maximum Gasteiger partial charge on any atom is 0.222 e. The summed E-state index contributed by atoms with van der Waals surface area (Å²) in [6.07, 6.45) is 4.13. The van der Waals surface area contributed by atoms with E-state index in [1.807, 2.05) is 4.90 Å². The lowest BCUT2D eigenvalue weighted by atomic mass is 10.1. The van der Waals surface area contributed by atoms with Crippen molar-refractivity contribution in [2.24, 2.45) is 0 Å². The highest BCUT2D eigenvalue weighted by atomic mass is 16.2. The van der Waals surface area contributed by atoms with E-state index < -0.39 is 0 Å². The first-order chi connectivity index (χ1) is 7.75. The number of benzene rings is 1. The molecule has 0 aliphatic carbocycles. The second-order valence-electron chi connectivity index (χ2n) is 4.62. The average molecular weight is 217 g/mol. The zero-order chi connectivity index (χ0) is 11.4. The second-order valence-corrected chi connectivity index (χ2v) is 4.62. The molecule has 0 saturated carbocycles. The van der Waals surface area contributed by atoms with Gasteiger partial charge in [0.15, 0.2) is 0 Å². The first-order valence-corrected chi connectivity index (χ1v) is 6.09. The van der Waals surface area contributed by atoms with Crippen molar-refractivity contribution in [1.82, 2.24) is 4.90 Å². The Kier molecular flexibility index (Phi) is 3.60. The molecule has 0 unspecified atom stereocenters. The lowest BCUT2D eigenvalue weighted by molar-refractivity contribution is -0.131. The minimum absolute atomic E-state index is 0.319. The number of rotatable bonds is 2. The Hall–Kier alpha value is -1.31. The van der Waals surface area contributed by atoms with Crippen LogP contribution in [0.4, 0.5) is 0 Å². The van der Waals surface area contributed by atoms with Gasteiger partial charge in [0, 0.05) is 19.5 Å². The standard InChI is InChI=1S/C14H19NO/c1-12-6-5-7-13(10-12)11-15-9-4-2-3-8-14(15)16/h5-7,10H,2-4,8-9,11H2,1H3. The summed E-state index contributed by atoms with van der Waals surface area (Å²) in [5.41, 5.74) is 2.51. The van der Waals surface area contributed by atoms with E-state index in [4.69, 9.17) is 0 Å². The fourth-order valence-electron chi connectivity index (χ4n) is 2.24. The van der Waals surface area contributed by atoms with Crippen LogP contribution in [0.1, 0.15) is 36.8 Å². The summed E-state index contributed by atoms with van der Waals surface area (Å²) in [4.78, 5) is 13.8.